The van der Waals surface area contributed by atoms with E-state index in [1.807, 2.05) is 6.92 Å². The van der Waals surface area contributed by atoms with Gasteiger partial charge in [-0.05, 0) is 25.3 Å². The molecular formula is C16H24N6O3S. The van der Waals surface area contributed by atoms with Gasteiger partial charge in [-0.25, -0.2) is 23.2 Å². The number of rotatable bonds is 5. The van der Waals surface area contributed by atoms with Gasteiger partial charge in [-0.1, -0.05) is 13.3 Å². The maximum atomic E-state index is 12.3. The van der Waals surface area contributed by atoms with Crippen LogP contribution in [0.3, 0.4) is 0 Å². The lowest BCUT2D eigenvalue weighted by atomic mass is 10.1. The summed E-state index contributed by atoms with van der Waals surface area (Å²) < 4.78 is 26.2. The lowest BCUT2D eigenvalue weighted by molar-refractivity contribution is 0.245. The van der Waals surface area contributed by atoms with Crippen LogP contribution in [0.4, 0.5) is 10.6 Å². The van der Waals surface area contributed by atoms with Gasteiger partial charge in [0.25, 0.3) is 0 Å². The van der Waals surface area contributed by atoms with Crippen LogP contribution in [0.2, 0.25) is 0 Å². The van der Waals surface area contributed by atoms with Gasteiger partial charge in [-0.3, -0.25) is 5.32 Å². The molecule has 9 nitrogen and oxygen atoms in total. The Morgan fingerprint density at radius 1 is 1.42 bits per heavy atom. The Balaban J connectivity index is 1.61. The highest BCUT2D eigenvalue weighted by molar-refractivity contribution is 7.89. The maximum Gasteiger partial charge on any atom is 0.320 e. The Morgan fingerprint density at radius 2 is 2.27 bits per heavy atom. The maximum absolute atomic E-state index is 12.3. The lowest BCUT2D eigenvalue weighted by Gasteiger charge is -2.24. The van der Waals surface area contributed by atoms with Crippen LogP contribution >= 0.6 is 0 Å². The number of amides is 2. The molecule has 1 atom stereocenters. The number of nitrogens with zero attached hydrogens (tertiary/aromatic N) is 3. The van der Waals surface area contributed by atoms with Gasteiger partial charge in [-0.15, -0.1) is 0 Å². The van der Waals surface area contributed by atoms with Gasteiger partial charge in [0.2, 0.25) is 10.0 Å². The molecule has 3 rings (SSSR count). The number of aromatic amines is 1. The number of H-pyrrole nitrogens is 1. The molecule has 142 valence electrons. The number of aromatic nitrogens is 3. The van der Waals surface area contributed by atoms with Gasteiger partial charge < -0.3 is 10.3 Å². The van der Waals surface area contributed by atoms with Gasteiger partial charge in [0.1, 0.15) is 5.52 Å². The molecule has 2 aromatic heterocycles. The zero-order valence-electron chi connectivity index (χ0n) is 14.7. The minimum atomic E-state index is -3.27. The standard InChI is InChI=1S/C16H24N6O3S/c1-2-9-26(24,25)22-8-4-3-5-12(11-22)19-16(23)21-14-10-18-15-13(20-14)6-7-17-15/h6-7,10,12H,2-5,8-9,11H2,1H3,(H,17,18)(H2,19,20,21,23). The molecule has 26 heavy (non-hydrogen) atoms. The largest absolute Gasteiger partial charge is 0.345 e. The van der Waals surface area contributed by atoms with Crippen LogP contribution in [0.5, 0.6) is 0 Å². The van der Waals surface area contributed by atoms with E-state index >= 15 is 0 Å². The molecule has 3 heterocycles. The molecule has 1 aliphatic rings. The zero-order valence-corrected chi connectivity index (χ0v) is 15.6. The van der Waals surface area contributed by atoms with Gasteiger partial charge in [-0.2, -0.15) is 4.31 Å². The first-order valence-electron chi connectivity index (χ1n) is 8.83. The average molecular weight is 380 g/mol. The SMILES string of the molecule is CCCS(=O)(=O)N1CCCCC(NC(=O)Nc2cnc3[nH]ccc3n2)C1. The second kappa shape index (κ2) is 8.00. The molecule has 0 aromatic carbocycles. The van der Waals surface area contributed by atoms with E-state index in [9.17, 15) is 13.2 Å². The third-order valence-electron chi connectivity index (χ3n) is 4.33. The fraction of sp³-hybridized carbons (Fsp3) is 0.562. The normalized spacial score (nSPS) is 19.2. The van der Waals surface area contributed by atoms with Crippen LogP contribution in [0.1, 0.15) is 32.6 Å². The Hall–Kier alpha value is -2.20. The van der Waals surface area contributed by atoms with Crippen molar-refractivity contribution in [2.45, 2.75) is 38.6 Å². The fourth-order valence-electron chi connectivity index (χ4n) is 3.09. The minimum Gasteiger partial charge on any atom is -0.345 e. The number of hydrogen-bond donors (Lipinski definition) is 3. The van der Waals surface area contributed by atoms with Crippen molar-refractivity contribution in [3.05, 3.63) is 18.5 Å². The molecule has 0 bridgehead atoms. The lowest BCUT2D eigenvalue weighted by Crippen LogP contribution is -2.46. The number of fused-ring (bicyclic) bond motifs is 1. The molecule has 1 saturated heterocycles. The summed E-state index contributed by atoms with van der Waals surface area (Å²) in [6.07, 6.45) is 6.21. The van der Waals surface area contributed by atoms with E-state index in [1.165, 1.54) is 10.5 Å². The highest BCUT2D eigenvalue weighted by atomic mass is 32.2. The molecule has 0 saturated carbocycles. The summed E-state index contributed by atoms with van der Waals surface area (Å²) >= 11 is 0. The molecule has 1 aliphatic heterocycles. The van der Waals surface area contributed by atoms with E-state index in [0.717, 1.165) is 19.3 Å². The average Bonchev–Trinajstić information content (AvgIpc) is 2.91. The molecule has 0 aliphatic carbocycles. The van der Waals surface area contributed by atoms with Crippen molar-refractivity contribution in [2.24, 2.45) is 0 Å². The van der Waals surface area contributed by atoms with Crippen LogP contribution < -0.4 is 10.6 Å². The predicted molar refractivity (Wildman–Crippen MR) is 99.3 cm³/mol. The summed E-state index contributed by atoms with van der Waals surface area (Å²) in [5.74, 6) is 0.483. The van der Waals surface area contributed by atoms with Crippen molar-refractivity contribution in [1.29, 1.82) is 0 Å². The summed E-state index contributed by atoms with van der Waals surface area (Å²) in [5, 5.41) is 5.53. The number of nitrogens with one attached hydrogen (secondary N) is 3. The summed E-state index contributed by atoms with van der Waals surface area (Å²) in [5.41, 5.74) is 1.31. The molecule has 1 fully saturated rings. The first-order valence-corrected chi connectivity index (χ1v) is 10.4. The van der Waals surface area contributed by atoms with Crippen molar-refractivity contribution >= 4 is 33.0 Å². The number of carbonyl (C=O) groups excluding carboxylic acids is 1. The predicted octanol–water partition coefficient (Wildman–Crippen LogP) is 1.67. The molecule has 0 radical (unpaired) electrons. The highest BCUT2D eigenvalue weighted by Crippen LogP contribution is 2.16. The minimum absolute atomic E-state index is 0.137. The van der Waals surface area contributed by atoms with E-state index in [2.05, 4.69) is 25.6 Å². The summed E-state index contributed by atoms with van der Waals surface area (Å²) in [4.78, 5) is 23.7. The van der Waals surface area contributed by atoms with E-state index in [0.29, 0.717) is 36.5 Å². The van der Waals surface area contributed by atoms with Crippen molar-refractivity contribution < 1.29 is 13.2 Å². The Labute approximate surface area is 152 Å². The number of sulfonamides is 1. The summed E-state index contributed by atoms with van der Waals surface area (Å²) in [7, 11) is -3.27. The first-order chi connectivity index (χ1) is 12.5. The molecule has 0 spiro atoms. The summed E-state index contributed by atoms with van der Waals surface area (Å²) in [6.45, 7) is 2.66. The fourth-order valence-corrected chi connectivity index (χ4v) is 4.68. The van der Waals surface area contributed by atoms with Crippen molar-refractivity contribution in [3.8, 4) is 0 Å². The third kappa shape index (κ3) is 4.50. The van der Waals surface area contributed by atoms with Gasteiger partial charge in [0, 0.05) is 25.3 Å². The Kier molecular flexibility index (Phi) is 5.72. The van der Waals surface area contributed by atoms with Crippen LogP contribution in [0.25, 0.3) is 11.2 Å². The molecular weight excluding hydrogens is 356 g/mol. The number of anilines is 1. The number of carbonyl (C=O) groups is 1. The number of hydrogen-bond acceptors (Lipinski definition) is 5. The molecule has 1 unspecified atom stereocenters. The van der Waals surface area contributed by atoms with E-state index in [-0.39, 0.29) is 11.8 Å². The van der Waals surface area contributed by atoms with Gasteiger partial charge in [0.15, 0.2) is 11.5 Å². The van der Waals surface area contributed by atoms with Crippen LogP contribution in [0.15, 0.2) is 18.5 Å². The number of urea groups is 1. The van der Waals surface area contributed by atoms with E-state index in [4.69, 9.17) is 0 Å². The topological polar surface area (TPSA) is 120 Å². The quantitative estimate of drug-likeness (QED) is 0.729. The van der Waals surface area contributed by atoms with Gasteiger partial charge in [0.05, 0.1) is 11.9 Å². The van der Waals surface area contributed by atoms with Gasteiger partial charge >= 0.3 is 6.03 Å². The van der Waals surface area contributed by atoms with Crippen molar-refractivity contribution in [2.75, 3.05) is 24.2 Å². The Morgan fingerprint density at radius 3 is 3.08 bits per heavy atom. The summed E-state index contributed by atoms with van der Waals surface area (Å²) in [6, 6.07) is 1.13. The molecule has 3 N–H and O–H groups in total. The van der Waals surface area contributed by atoms with Crippen LogP contribution in [-0.4, -0.2) is 58.6 Å². The molecule has 2 aromatic rings. The van der Waals surface area contributed by atoms with Crippen molar-refractivity contribution in [1.82, 2.24) is 24.6 Å². The van der Waals surface area contributed by atoms with Crippen molar-refractivity contribution in [3.63, 3.8) is 0 Å². The monoisotopic (exact) mass is 380 g/mol. The van der Waals surface area contributed by atoms with E-state index in [1.54, 1.807) is 12.3 Å². The highest BCUT2D eigenvalue weighted by Gasteiger charge is 2.27. The third-order valence-corrected chi connectivity index (χ3v) is 6.37. The second-order valence-corrected chi connectivity index (χ2v) is 8.52. The smallest absolute Gasteiger partial charge is 0.320 e. The van der Waals surface area contributed by atoms with Crippen LogP contribution in [0, 0.1) is 0 Å². The molecule has 10 heteroatoms. The molecule has 2 amide bonds. The Bertz CT molecular complexity index is 866. The van der Waals surface area contributed by atoms with E-state index < -0.39 is 16.1 Å². The first kappa shape index (κ1) is 18.6. The zero-order chi connectivity index (χ0) is 18.6. The second-order valence-electron chi connectivity index (χ2n) is 6.43. The van der Waals surface area contributed by atoms with Crippen LogP contribution in [-0.2, 0) is 10.0 Å².